The molecule has 1 heterocycles. The van der Waals surface area contributed by atoms with Crippen molar-refractivity contribution in [1.29, 1.82) is 0 Å². The SMILES string of the molecule is CCNc1ccnc(CN(CC)CC)c1. The first-order valence-electron chi connectivity index (χ1n) is 5.71. The van der Waals surface area contributed by atoms with Gasteiger partial charge in [0.15, 0.2) is 0 Å². The monoisotopic (exact) mass is 207 g/mol. The van der Waals surface area contributed by atoms with E-state index in [0.717, 1.165) is 37.6 Å². The summed E-state index contributed by atoms with van der Waals surface area (Å²) >= 11 is 0. The van der Waals surface area contributed by atoms with Crippen LogP contribution in [0.1, 0.15) is 26.5 Å². The van der Waals surface area contributed by atoms with E-state index in [9.17, 15) is 0 Å². The standard InChI is InChI=1S/C12H21N3/c1-4-13-11-7-8-14-12(9-11)10-15(5-2)6-3/h7-9H,4-6,10H2,1-3H3,(H,13,14). The number of aromatic nitrogens is 1. The maximum absolute atomic E-state index is 4.38. The average molecular weight is 207 g/mol. The van der Waals surface area contributed by atoms with Gasteiger partial charge in [0.25, 0.3) is 0 Å². The lowest BCUT2D eigenvalue weighted by Gasteiger charge is -2.17. The van der Waals surface area contributed by atoms with Crippen molar-refractivity contribution in [2.45, 2.75) is 27.3 Å². The van der Waals surface area contributed by atoms with E-state index < -0.39 is 0 Å². The molecule has 0 radical (unpaired) electrons. The first kappa shape index (κ1) is 12.0. The van der Waals surface area contributed by atoms with Crippen LogP contribution in [0.2, 0.25) is 0 Å². The number of hydrogen-bond acceptors (Lipinski definition) is 3. The number of pyridine rings is 1. The molecule has 0 aliphatic heterocycles. The van der Waals surface area contributed by atoms with Crippen molar-refractivity contribution in [1.82, 2.24) is 9.88 Å². The molecular weight excluding hydrogens is 186 g/mol. The Bertz CT molecular complexity index is 282. The lowest BCUT2D eigenvalue weighted by atomic mass is 10.3. The normalized spacial score (nSPS) is 10.7. The molecule has 1 N–H and O–H groups in total. The third kappa shape index (κ3) is 3.88. The number of nitrogens with one attached hydrogen (secondary N) is 1. The van der Waals surface area contributed by atoms with Crippen LogP contribution in [0.5, 0.6) is 0 Å². The van der Waals surface area contributed by atoms with Crippen LogP contribution < -0.4 is 5.32 Å². The molecule has 0 atom stereocenters. The Morgan fingerprint density at radius 3 is 2.60 bits per heavy atom. The Hall–Kier alpha value is -1.09. The van der Waals surface area contributed by atoms with Gasteiger partial charge in [-0.15, -0.1) is 0 Å². The lowest BCUT2D eigenvalue weighted by Crippen LogP contribution is -2.22. The zero-order chi connectivity index (χ0) is 11.1. The third-order valence-corrected chi connectivity index (χ3v) is 2.48. The van der Waals surface area contributed by atoms with Gasteiger partial charge in [0.1, 0.15) is 0 Å². The van der Waals surface area contributed by atoms with Crippen LogP contribution >= 0.6 is 0 Å². The Morgan fingerprint density at radius 2 is 2.00 bits per heavy atom. The zero-order valence-corrected chi connectivity index (χ0v) is 9.95. The van der Waals surface area contributed by atoms with Gasteiger partial charge in [-0.2, -0.15) is 0 Å². The third-order valence-electron chi connectivity index (χ3n) is 2.48. The van der Waals surface area contributed by atoms with Gasteiger partial charge in [-0.25, -0.2) is 0 Å². The van der Waals surface area contributed by atoms with Crippen LogP contribution in [0.4, 0.5) is 5.69 Å². The molecule has 0 unspecified atom stereocenters. The van der Waals surface area contributed by atoms with Gasteiger partial charge < -0.3 is 5.32 Å². The molecule has 0 saturated heterocycles. The van der Waals surface area contributed by atoms with Crippen LogP contribution in [-0.4, -0.2) is 29.5 Å². The maximum Gasteiger partial charge on any atom is 0.0564 e. The second-order valence-corrected chi connectivity index (χ2v) is 3.53. The summed E-state index contributed by atoms with van der Waals surface area (Å²) in [6.07, 6.45) is 1.87. The summed E-state index contributed by atoms with van der Waals surface area (Å²) in [4.78, 5) is 6.73. The second kappa shape index (κ2) is 6.40. The summed E-state index contributed by atoms with van der Waals surface area (Å²) in [6, 6.07) is 4.14. The van der Waals surface area contributed by atoms with Gasteiger partial charge in [-0.1, -0.05) is 13.8 Å². The molecule has 0 aliphatic carbocycles. The highest BCUT2D eigenvalue weighted by molar-refractivity contribution is 5.42. The lowest BCUT2D eigenvalue weighted by molar-refractivity contribution is 0.292. The van der Waals surface area contributed by atoms with Crippen LogP contribution in [0.15, 0.2) is 18.3 Å². The molecule has 1 aromatic heterocycles. The van der Waals surface area contributed by atoms with E-state index in [1.807, 2.05) is 12.3 Å². The van der Waals surface area contributed by atoms with Gasteiger partial charge >= 0.3 is 0 Å². The van der Waals surface area contributed by atoms with Crippen LogP contribution in [0, 0.1) is 0 Å². The van der Waals surface area contributed by atoms with Crippen molar-refractivity contribution in [2.24, 2.45) is 0 Å². The number of anilines is 1. The highest BCUT2D eigenvalue weighted by Gasteiger charge is 2.02. The van der Waals surface area contributed by atoms with Crippen molar-refractivity contribution >= 4 is 5.69 Å². The van der Waals surface area contributed by atoms with Gasteiger partial charge in [0, 0.05) is 25.0 Å². The van der Waals surface area contributed by atoms with Crippen molar-refractivity contribution in [3.63, 3.8) is 0 Å². The highest BCUT2D eigenvalue weighted by Crippen LogP contribution is 2.09. The van der Waals surface area contributed by atoms with Crippen molar-refractivity contribution in [3.05, 3.63) is 24.0 Å². The van der Waals surface area contributed by atoms with E-state index in [2.05, 4.69) is 42.0 Å². The number of rotatable bonds is 6. The average Bonchev–Trinajstić information content (AvgIpc) is 2.27. The molecule has 1 rings (SSSR count). The fourth-order valence-corrected chi connectivity index (χ4v) is 1.56. The van der Waals surface area contributed by atoms with Crippen LogP contribution in [0.25, 0.3) is 0 Å². The number of hydrogen-bond donors (Lipinski definition) is 1. The molecule has 0 aliphatic rings. The maximum atomic E-state index is 4.38. The molecule has 15 heavy (non-hydrogen) atoms. The summed E-state index contributed by atoms with van der Waals surface area (Å²) in [7, 11) is 0. The van der Waals surface area contributed by atoms with Gasteiger partial charge in [0.05, 0.1) is 5.69 Å². The molecule has 0 saturated carbocycles. The Kier molecular flexibility index (Phi) is 5.12. The second-order valence-electron chi connectivity index (χ2n) is 3.53. The minimum Gasteiger partial charge on any atom is -0.385 e. The minimum absolute atomic E-state index is 0.937. The summed E-state index contributed by atoms with van der Waals surface area (Å²) < 4.78 is 0. The van der Waals surface area contributed by atoms with Crippen molar-refractivity contribution in [3.8, 4) is 0 Å². The van der Waals surface area contributed by atoms with E-state index in [0.29, 0.717) is 0 Å². The molecular formula is C12H21N3. The summed E-state index contributed by atoms with van der Waals surface area (Å²) in [5.74, 6) is 0. The van der Waals surface area contributed by atoms with Gasteiger partial charge in [-0.05, 0) is 32.1 Å². The van der Waals surface area contributed by atoms with E-state index in [-0.39, 0.29) is 0 Å². The Morgan fingerprint density at radius 1 is 1.27 bits per heavy atom. The molecule has 84 valence electrons. The van der Waals surface area contributed by atoms with E-state index >= 15 is 0 Å². The minimum atomic E-state index is 0.937. The summed E-state index contributed by atoms with van der Waals surface area (Å²) in [6.45, 7) is 10.5. The van der Waals surface area contributed by atoms with E-state index in [1.165, 1.54) is 0 Å². The fourth-order valence-electron chi connectivity index (χ4n) is 1.56. The van der Waals surface area contributed by atoms with Crippen LogP contribution in [-0.2, 0) is 6.54 Å². The smallest absolute Gasteiger partial charge is 0.0564 e. The molecule has 0 spiro atoms. The predicted molar refractivity (Wildman–Crippen MR) is 65.0 cm³/mol. The van der Waals surface area contributed by atoms with Gasteiger partial charge in [-0.3, -0.25) is 9.88 Å². The summed E-state index contributed by atoms with van der Waals surface area (Å²) in [5, 5.41) is 3.30. The Balaban J connectivity index is 2.64. The van der Waals surface area contributed by atoms with E-state index in [1.54, 1.807) is 0 Å². The van der Waals surface area contributed by atoms with Crippen molar-refractivity contribution in [2.75, 3.05) is 25.0 Å². The largest absolute Gasteiger partial charge is 0.385 e. The molecule has 1 aromatic rings. The van der Waals surface area contributed by atoms with Gasteiger partial charge in [0.2, 0.25) is 0 Å². The zero-order valence-electron chi connectivity index (χ0n) is 9.95. The Labute approximate surface area is 92.5 Å². The molecule has 3 heteroatoms. The topological polar surface area (TPSA) is 28.2 Å². The molecule has 0 aromatic carbocycles. The predicted octanol–water partition coefficient (Wildman–Crippen LogP) is 2.36. The molecule has 0 amide bonds. The molecule has 3 nitrogen and oxygen atoms in total. The first-order chi connectivity index (χ1) is 7.30. The van der Waals surface area contributed by atoms with Crippen LogP contribution in [0.3, 0.4) is 0 Å². The molecule has 0 bridgehead atoms. The summed E-state index contributed by atoms with van der Waals surface area (Å²) in [5.41, 5.74) is 2.30. The fraction of sp³-hybridized carbons (Fsp3) is 0.583. The quantitative estimate of drug-likeness (QED) is 0.776. The highest BCUT2D eigenvalue weighted by atomic mass is 15.1. The molecule has 0 fully saturated rings. The first-order valence-corrected chi connectivity index (χ1v) is 5.71. The van der Waals surface area contributed by atoms with Crippen molar-refractivity contribution < 1.29 is 0 Å². The number of nitrogens with zero attached hydrogens (tertiary/aromatic N) is 2. The van der Waals surface area contributed by atoms with E-state index in [4.69, 9.17) is 0 Å².